The Hall–Kier alpha value is -1.13. The summed E-state index contributed by atoms with van der Waals surface area (Å²) < 4.78 is 18.7. The van der Waals surface area contributed by atoms with Crippen molar-refractivity contribution in [1.29, 1.82) is 0 Å². The third-order valence-corrected chi connectivity index (χ3v) is 4.11. The molecule has 0 spiro atoms. The van der Waals surface area contributed by atoms with Gasteiger partial charge in [-0.2, -0.15) is 0 Å². The third-order valence-electron chi connectivity index (χ3n) is 4.11. The molecule has 0 saturated heterocycles. The Kier molecular flexibility index (Phi) is 5.80. The molecule has 2 rings (SSSR count). The molecular weight excluding hydrogens is 255 g/mol. The van der Waals surface area contributed by atoms with E-state index in [2.05, 4.69) is 4.90 Å². The summed E-state index contributed by atoms with van der Waals surface area (Å²) in [6.45, 7) is 2.29. The number of rotatable bonds is 6. The molecule has 0 bridgehead atoms. The van der Waals surface area contributed by atoms with Crippen LogP contribution in [0.15, 0.2) is 18.2 Å². The van der Waals surface area contributed by atoms with Crippen LogP contribution in [0.25, 0.3) is 0 Å². The standard InChI is InChI=1S/C16H25FN2O/c1-20-16-8-7-13(11-15(16)17)12-19(10-9-18)14-5-3-2-4-6-14/h7-8,11,14H,2-6,9-10,12,18H2,1H3. The first-order valence-corrected chi connectivity index (χ1v) is 7.51. The summed E-state index contributed by atoms with van der Waals surface area (Å²) in [6.07, 6.45) is 6.40. The van der Waals surface area contributed by atoms with E-state index < -0.39 is 0 Å². The highest BCUT2D eigenvalue weighted by molar-refractivity contribution is 5.29. The fourth-order valence-electron chi connectivity index (χ4n) is 3.05. The normalized spacial score (nSPS) is 16.6. The van der Waals surface area contributed by atoms with Crippen molar-refractivity contribution < 1.29 is 9.13 Å². The number of nitrogens with two attached hydrogens (primary N) is 1. The summed E-state index contributed by atoms with van der Waals surface area (Å²) in [5.41, 5.74) is 6.72. The van der Waals surface area contributed by atoms with Gasteiger partial charge in [0.2, 0.25) is 0 Å². The van der Waals surface area contributed by atoms with E-state index in [0.29, 0.717) is 18.3 Å². The van der Waals surface area contributed by atoms with Gasteiger partial charge < -0.3 is 10.5 Å². The van der Waals surface area contributed by atoms with Gasteiger partial charge in [-0.05, 0) is 30.5 Å². The lowest BCUT2D eigenvalue weighted by Crippen LogP contribution is -2.39. The zero-order valence-corrected chi connectivity index (χ0v) is 12.3. The fraction of sp³-hybridized carbons (Fsp3) is 0.625. The van der Waals surface area contributed by atoms with Crippen molar-refractivity contribution in [2.45, 2.75) is 44.7 Å². The number of nitrogens with zero attached hydrogens (tertiary/aromatic N) is 1. The van der Waals surface area contributed by atoms with E-state index in [0.717, 1.165) is 18.7 Å². The Balaban J connectivity index is 2.04. The maximum absolute atomic E-state index is 13.8. The molecule has 1 aromatic rings. The van der Waals surface area contributed by atoms with Gasteiger partial charge in [0.25, 0.3) is 0 Å². The fourth-order valence-corrected chi connectivity index (χ4v) is 3.05. The molecule has 0 atom stereocenters. The van der Waals surface area contributed by atoms with E-state index in [1.165, 1.54) is 39.2 Å². The molecule has 1 saturated carbocycles. The number of hydrogen-bond acceptors (Lipinski definition) is 3. The Morgan fingerprint density at radius 2 is 2.05 bits per heavy atom. The average molecular weight is 280 g/mol. The summed E-state index contributed by atoms with van der Waals surface area (Å²) in [5, 5.41) is 0. The first-order chi connectivity index (χ1) is 9.74. The predicted octanol–water partition coefficient (Wildman–Crippen LogP) is 2.93. The second kappa shape index (κ2) is 7.60. The van der Waals surface area contributed by atoms with Crippen LogP contribution in [0.2, 0.25) is 0 Å². The summed E-state index contributed by atoms with van der Waals surface area (Å²) in [4.78, 5) is 2.40. The number of ether oxygens (including phenoxy) is 1. The number of halogens is 1. The number of methoxy groups -OCH3 is 1. The summed E-state index contributed by atoms with van der Waals surface area (Å²) in [7, 11) is 1.49. The maximum atomic E-state index is 13.8. The Morgan fingerprint density at radius 3 is 2.65 bits per heavy atom. The smallest absolute Gasteiger partial charge is 0.165 e. The van der Waals surface area contributed by atoms with Crippen LogP contribution in [0.5, 0.6) is 5.75 Å². The molecule has 20 heavy (non-hydrogen) atoms. The van der Waals surface area contributed by atoms with Gasteiger partial charge >= 0.3 is 0 Å². The largest absolute Gasteiger partial charge is 0.494 e. The van der Waals surface area contributed by atoms with Crippen molar-refractivity contribution in [3.05, 3.63) is 29.6 Å². The van der Waals surface area contributed by atoms with Crippen LogP contribution < -0.4 is 10.5 Å². The molecule has 1 fully saturated rings. The van der Waals surface area contributed by atoms with Crippen molar-refractivity contribution in [3.63, 3.8) is 0 Å². The van der Waals surface area contributed by atoms with Gasteiger partial charge in [-0.3, -0.25) is 4.90 Å². The highest BCUT2D eigenvalue weighted by Gasteiger charge is 2.20. The predicted molar refractivity (Wildman–Crippen MR) is 79.3 cm³/mol. The summed E-state index contributed by atoms with van der Waals surface area (Å²) >= 11 is 0. The molecule has 0 heterocycles. The van der Waals surface area contributed by atoms with Crippen molar-refractivity contribution in [2.75, 3.05) is 20.2 Å². The molecule has 1 aromatic carbocycles. The molecule has 4 heteroatoms. The van der Waals surface area contributed by atoms with Crippen molar-refractivity contribution in [2.24, 2.45) is 5.73 Å². The molecule has 0 amide bonds. The monoisotopic (exact) mass is 280 g/mol. The van der Waals surface area contributed by atoms with Crippen LogP contribution in [0.4, 0.5) is 4.39 Å². The van der Waals surface area contributed by atoms with Crippen LogP contribution in [0.3, 0.4) is 0 Å². The lowest BCUT2D eigenvalue weighted by molar-refractivity contribution is 0.152. The second-order valence-electron chi connectivity index (χ2n) is 5.52. The average Bonchev–Trinajstić information content (AvgIpc) is 2.48. The van der Waals surface area contributed by atoms with Crippen LogP contribution in [-0.4, -0.2) is 31.1 Å². The molecule has 0 unspecified atom stereocenters. The summed E-state index contributed by atoms with van der Waals surface area (Å²) in [6, 6.07) is 5.81. The Bertz CT molecular complexity index is 419. The Labute approximate surface area is 120 Å². The van der Waals surface area contributed by atoms with Gasteiger partial charge in [0.05, 0.1) is 7.11 Å². The highest BCUT2D eigenvalue weighted by atomic mass is 19.1. The van der Waals surface area contributed by atoms with E-state index in [-0.39, 0.29) is 5.82 Å². The molecule has 1 aliphatic rings. The zero-order chi connectivity index (χ0) is 14.4. The van der Waals surface area contributed by atoms with Crippen molar-refractivity contribution >= 4 is 0 Å². The molecule has 112 valence electrons. The van der Waals surface area contributed by atoms with Gasteiger partial charge in [-0.15, -0.1) is 0 Å². The van der Waals surface area contributed by atoms with E-state index in [1.54, 1.807) is 12.1 Å². The van der Waals surface area contributed by atoms with E-state index in [4.69, 9.17) is 10.5 Å². The zero-order valence-electron chi connectivity index (χ0n) is 12.3. The molecule has 0 radical (unpaired) electrons. The van der Waals surface area contributed by atoms with Crippen LogP contribution in [0, 0.1) is 5.82 Å². The van der Waals surface area contributed by atoms with Gasteiger partial charge in [0.15, 0.2) is 11.6 Å². The first kappa shape index (κ1) is 15.3. The highest BCUT2D eigenvalue weighted by Crippen LogP contribution is 2.25. The SMILES string of the molecule is COc1ccc(CN(CCN)C2CCCCC2)cc1F. The Morgan fingerprint density at radius 1 is 1.30 bits per heavy atom. The van der Waals surface area contributed by atoms with E-state index in [9.17, 15) is 4.39 Å². The van der Waals surface area contributed by atoms with Gasteiger partial charge in [-0.1, -0.05) is 25.3 Å². The molecule has 3 nitrogen and oxygen atoms in total. The topological polar surface area (TPSA) is 38.5 Å². The first-order valence-electron chi connectivity index (χ1n) is 7.51. The van der Waals surface area contributed by atoms with Crippen molar-refractivity contribution in [1.82, 2.24) is 4.90 Å². The van der Waals surface area contributed by atoms with Gasteiger partial charge in [0, 0.05) is 25.7 Å². The third kappa shape index (κ3) is 3.93. The number of hydrogen-bond donors (Lipinski definition) is 1. The van der Waals surface area contributed by atoms with E-state index >= 15 is 0 Å². The lowest BCUT2D eigenvalue weighted by Gasteiger charge is -2.34. The molecule has 0 aromatic heterocycles. The molecule has 2 N–H and O–H groups in total. The van der Waals surface area contributed by atoms with Gasteiger partial charge in [-0.25, -0.2) is 4.39 Å². The minimum atomic E-state index is -0.290. The van der Waals surface area contributed by atoms with Crippen LogP contribution in [0.1, 0.15) is 37.7 Å². The molecular formula is C16H25FN2O. The molecule has 1 aliphatic carbocycles. The molecule has 0 aliphatic heterocycles. The van der Waals surface area contributed by atoms with Crippen LogP contribution >= 0.6 is 0 Å². The maximum Gasteiger partial charge on any atom is 0.165 e. The van der Waals surface area contributed by atoms with Gasteiger partial charge in [0.1, 0.15) is 0 Å². The number of benzene rings is 1. The van der Waals surface area contributed by atoms with Crippen molar-refractivity contribution in [3.8, 4) is 5.75 Å². The second-order valence-corrected chi connectivity index (χ2v) is 5.52. The summed E-state index contributed by atoms with van der Waals surface area (Å²) in [5.74, 6) is 0.0122. The van der Waals surface area contributed by atoms with Crippen LogP contribution in [-0.2, 0) is 6.54 Å². The van der Waals surface area contributed by atoms with E-state index in [1.807, 2.05) is 6.07 Å². The minimum absolute atomic E-state index is 0.290. The quantitative estimate of drug-likeness (QED) is 0.870. The minimum Gasteiger partial charge on any atom is -0.494 e. The lowest BCUT2D eigenvalue weighted by atomic mass is 9.94.